The zero-order valence-electron chi connectivity index (χ0n) is 10.9. The Morgan fingerprint density at radius 3 is 3.05 bits per heavy atom. The number of nitro groups is 1. The van der Waals surface area contributed by atoms with Crippen LogP contribution in [-0.4, -0.2) is 23.6 Å². The van der Waals surface area contributed by atoms with Gasteiger partial charge in [0.25, 0.3) is 5.69 Å². The number of hydrogen-bond donors (Lipinski definition) is 2. The topological polar surface area (TPSA) is 67.2 Å². The summed E-state index contributed by atoms with van der Waals surface area (Å²) in [6.07, 6.45) is 3.17. The molecule has 0 bridgehead atoms. The molecule has 0 amide bonds. The number of nitro benzene ring substituents is 1. The molecular formula is C13H18FN3O2. The van der Waals surface area contributed by atoms with E-state index in [9.17, 15) is 14.5 Å². The Morgan fingerprint density at radius 2 is 2.42 bits per heavy atom. The third kappa shape index (κ3) is 3.64. The summed E-state index contributed by atoms with van der Waals surface area (Å²) in [6.45, 7) is 2.99. The molecule has 2 unspecified atom stereocenters. The predicted octanol–water partition coefficient (Wildman–Crippen LogP) is 2.68. The summed E-state index contributed by atoms with van der Waals surface area (Å²) in [5.74, 6) is -0.461. The van der Waals surface area contributed by atoms with E-state index in [0.717, 1.165) is 25.5 Å². The second-order valence-corrected chi connectivity index (χ2v) is 5.00. The first-order chi connectivity index (χ1) is 9.06. The van der Waals surface area contributed by atoms with Gasteiger partial charge in [-0.05, 0) is 38.8 Å². The van der Waals surface area contributed by atoms with Crippen LogP contribution >= 0.6 is 0 Å². The number of rotatable bonds is 5. The van der Waals surface area contributed by atoms with E-state index in [2.05, 4.69) is 10.6 Å². The minimum Gasteiger partial charge on any atom is -0.380 e. The fourth-order valence-corrected chi connectivity index (χ4v) is 2.45. The van der Waals surface area contributed by atoms with Crippen LogP contribution in [0.25, 0.3) is 0 Å². The van der Waals surface area contributed by atoms with Crippen LogP contribution < -0.4 is 10.6 Å². The molecule has 0 radical (unpaired) electrons. The normalized spacial score (nSPS) is 20.2. The van der Waals surface area contributed by atoms with Gasteiger partial charge in [-0.2, -0.15) is 0 Å². The lowest BCUT2D eigenvalue weighted by Crippen LogP contribution is -2.29. The van der Waals surface area contributed by atoms with Crippen LogP contribution in [0.3, 0.4) is 0 Å². The zero-order chi connectivity index (χ0) is 13.8. The molecule has 0 saturated carbocycles. The highest BCUT2D eigenvalue weighted by molar-refractivity contribution is 5.52. The zero-order valence-corrected chi connectivity index (χ0v) is 10.9. The molecule has 5 nitrogen and oxygen atoms in total. The number of hydrogen-bond acceptors (Lipinski definition) is 4. The summed E-state index contributed by atoms with van der Waals surface area (Å²) in [5, 5.41) is 17.1. The maximum absolute atomic E-state index is 13.6. The van der Waals surface area contributed by atoms with Gasteiger partial charge in [0, 0.05) is 24.2 Å². The molecule has 104 valence electrons. The molecule has 0 aliphatic carbocycles. The maximum Gasteiger partial charge on any atom is 0.271 e. The summed E-state index contributed by atoms with van der Waals surface area (Å²) in [6, 6.07) is 4.05. The summed E-state index contributed by atoms with van der Waals surface area (Å²) in [7, 11) is 0. The molecular weight excluding hydrogens is 249 g/mol. The van der Waals surface area contributed by atoms with Gasteiger partial charge in [0.2, 0.25) is 0 Å². The average molecular weight is 267 g/mol. The van der Waals surface area contributed by atoms with Gasteiger partial charge in [-0.25, -0.2) is 4.39 Å². The van der Waals surface area contributed by atoms with Gasteiger partial charge in [0.1, 0.15) is 5.82 Å². The quantitative estimate of drug-likeness (QED) is 0.635. The molecule has 2 rings (SSSR count). The second kappa shape index (κ2) is 5.97. The van der Waals surface area contributed by atoms with Crippen molar-refractivity contribution in [3.8, 4) is 0 Å². The van der Waals surface area contributed by atoms with Crippen molar-refractivity contribution in [2.45, 2.75) is 38.3 Å². The summed E-state index contributed by atoms with van der Waals surface area (Å²) in [4.78, 5) is 10.2. The third-order valence-electron chi connectivity index (χ3n) is 3.36. The lowest BCUT2D eigenvalue weighted by molar-refractivity contribution is -0.384. The fourth-order valence-electron chi connectivity index (χ4n) is 2.45. The van der Waals surface area contributed by atoms with E-state index in [4.69, 9.17) is 0 Å². The maximum atomic E-state index is 13.6. The Balaban J connectivity index is 2.00. The van der Waals surface area contributed by atoms with Crippen LogP contribution in [0.2, 0.25) is 0 Å². The highest BCUT2D eigenvalue weighted by Crippen LogP contribution is 2.23. The summed E-state index contributed by atoms with van der Waals surface area (Å²) in [5.41, 5.74) is 0.0924. The van der Waals surface area contributed by atoms with Crippen LogP contribution in [-0.2, 0) is 0 Å². The SMILES string of the molecule is CC(CC1CCCN1)Nc1cc([N+](=O)[O-])ccc1F. The third-order valence-corrected chi connectivity index (χ3v) is 3.36. The van der Waals surface area contributed by atoms with Crippen molar-refractivity contribution in [3.05, 3.63) is 34.1 Å². The Bertz CT molecular complexity index is 461. The van der Waals surface area contributed by atoms with Crippen LogP contribution in [0.4, 0.5) is 15.8 Å². The first-order valence-corrected chi connectivity index (χ1v) is 6.50. The smallest absolute Gasteiger partial charge is 0.271 e. The van der Waals surface area contributed by atoms with E-state index in [1.807, 2.05) is 6.92 Å². The number of halogens is 1. The number of nitrogens with one attached hydrogen (secondary N) is 2. The fraction of sp³-hybridized carbons (Fsp3) is 0.538. The summed E-state index contributed by atoms with van der Waals surface area (Å²) >= 11 is 0. The van der Waals surface area contributed by atoms with Crippen LogP contribution in [0, 0.1) is 15.9 Å². The van der Waals surface area contributed by atoms with Crippen molar-refractivity contribution < 1.29 is 9.31 Å². The molecule has 1 heterocycles. The Hall–Kier alpha value is -1.69. The number of anilines is 1. The molecule has 0 spiro atoms. The molecule has 6 heteroatoms. The molecule has 1 aliphatic rings. The van der Waals surface area contributed by atoms with E-state index in [1.165, 1.54) is 18.6 Å². The van der Waals surface area contributed by atoms with Crippen molar-refractivity contribution in [1.82, 2.24) is 5.32 Å². The second-order valence-electron chi connectivity index (χ2n) is 5.00. The van der Waals surface area contributed by atoms with Gasteiger partial charge in [-0.3, -0.25) is 10.1 Å². The Kier molecular flexibility index (Phi) is 4.31. The standard InChI is InChI=1S/C13H18FN3O2/c1-9(7-10-3-2-6-15-10)16-13-8-11(17(18)19)4-5-12(13)14/h4-5,8-10,15-16H,2-3,6-7H2,1H3. The molecule has 2 N–H and O–H groups in total. The van der Waals surface area contributed by atoms with Gasteiger partial charge in [-0.15, -0.1) is 0 Å². The first kappa shape index (κ1) is 13.7. The largest absolute Gasteiger partial charge is 0.380 e. The van der Waals surface area contributed by atoms with E-state index < -0.39 is 10.7 Å². The van der Waals surface area contributed by atoms with Crippen LogP contribution in [0.1, 0.15) is 26.2 Å². The molecule has 1 aromatic carbocycles. The summed E-state index contributed by atoms with van der Waals surface area (Å²) < 4.78 is 13.6. The van der Waals surface area contributed by atoms with Gasteiger partial charge in [0.05, 0.1) is 10.6 Å². The van der Waals surface area contributed by atoms with E-state index in [1.54, 1.807) is 0 Å². The highest BCUT2D eigenvalue weighted by atomic mass is 19.1. The van der Waals surface area contributed by atoms with Crippen molar-refractivity contribution in [3.63, 3.8) is 0 Å². The molecule has 1 aromatic rings. The number of nitrogens with zero attached hydrogens (tertiary/aromatic N) is 1. The van der Waals surface area contributed by atoms with Crippen molar-refractivity contribution in [1.29, 1.82) is 0 Å². The van der Waals surface area contributed by atoms with Gasteiger partial charge < -0.3 is 10.6 Å². The molecule has 1 fully saturated rings. The molecule has 0 aromatic heterocycles. The highest BCUT2D eigenvalue weighted by Gasteiger charge is 2.18. The van der Waals surface area contributed by atoms with E-state index in [-0.39, 0.29) is 17.4 Å². The molecule has 2 atom stereocenters. The minimum absolute atomic E-state index is 0.0621. The Morgan fingerprint density at radius 1 is 1.63 bits per heavy atom. The number of benzene rings is 1. The van der Waals surface area contributed by atoms with Crippen molar-refractivity contribution >= 4 is 11.4 Å². The van der Waals surface area contributed by atoms with Crippen LogP contribution in [0.5, 0.6) is 0 Å². The van der Waals surface area contributed by atoms with Gasteiger partial charge in [-0.1, -0.05) is 0 Å². The lowest BCUT2D eigenvalue weighted by atomic mass is 10.1. The monoisotopic (exact) mass is 267 g/mol. The Labute approximate surface area is 111 Å². The van der Waals surface area contributed by atoms with Crippen molar-refractivity contribution in [2.24, 2.45) is 0 Å². The lowest BCUT2D eigenvalue weighted by Gasteiger charge is -2.19. The van der Waals surface area contributed by atoms with Gasteiger partial charge in [0.15, 0.2) is 0 Å². The average Bonchev–Trinajstić information content (AvgIpc) is 2.84. The van der Waals surface area contributed by atoms with Crippen molar-refractivity contribution in [2.75, 3.05) is 11.9 Å². The molecule has 1 aliphatic heterocycles. The predicted molar refractivity (Wildman–Crippen MR) is 71.8 cm³/mol. The molecule has 19 heavy (non-hydrogen) atoms. The number of non-ortho nitro benzene ring substituents is 1. The van der Waals surface area contributed by atoms with E-state index >= 15 is 0 Å². The minimum atomic E-state index is -0.520. The molecule has 1 saturated heterocycles. The van der Waals surface area contributed by atoms with E-state index in [0.29, 0.717) is 6.04 Å². The van der Waals surface area contributed by atoms with Gasteiger partial charge >= 0.3 is 0 Å². The van der Waals surface area contributed by atoms with Crippen LogP contribution in [0.15, 0.2) is 18.2 Å². The first-order valence-electron chi connectivity index (χ1n) is 6.50.